The van der Waals surface area contributed by atoms with E-state index in [2.05, 4.69) is 20.9 Å². The van der Waals surface area contributed by atoms with Gasteiger partial charge in [-0.25, -0.2) is 9.97 Å². The summed E-state index contributed by atoms with van der Waals surface area (Å²) in [5, 5.41) is 19.7. The highest BCUT2D eigenvalue weighted by Crippen LogP contribution is 2.34. The number of nitrogens with zero attached hydrogens (tertiary/aromatic N) is 2. The lowest BCUT2D eigenvalue weighted by atomic mass is 9.91. The molecule has 2 aromatic heterocycles. The third-order valence-electron chi connectivity index (χ3n) is 6.93. The average Bonchev–Trinajstić information content (AvgIpc) is 2.89. The number of pyridine rings is 2. The Hall–Kier alpha value is -1.85. The van der Waals surface area contributed by atoms with E-state index in [4.69, 9.17) is 32.9 Å². The first-order valence-corrected chi connectivity index (χ1v) is 13.3. The van der Waals surface area contributed by atoms with Crippen LogP contribution in [-0.4, -0.2) is 65.7 Å². The molecule has 1 saturated carbocycles. The molecule has 0 amide bonds. The van der Waals surface area contributed by atoms with Crippen molar-refractivity contribution < 1.29 is 23.0 Å². The quantitative estimate of drug-likeness (QED) is 0.320. The fourth-order valence-electron chi connectivity index (χ4n) is 4.67. The number of hydrogen-bond donors (Lipinski definition) is 4. The van der Waals surface area contributed by atoms with Gasteiger partial charge in [0.2, 0.25) is 0 Å². The second-order valence-electron chi connectivity index (χ2n) is 9.67. The number of aromatic nitrogens is 2. The lowest BCUT2D eigenvalue weighted by Gasteiger charge is -2.31. The molecule has 7 nitrogen and oxygen atoms in total. The first-order valence-electron chi connectivity index (χ1n) is 12.6. The molecule has 1 aliphatic carbocycles. The number of anilines is 2. The van der Waals surface area contributed by atoms with Crippen molar-refractivity contribution in [2.45, 2.75) is 62.9 Å². The van der Waals surface area contributed by atoms with Gasteiger partial charge in [-0.3, -0.25) is 0 Å². The van der Waals surface area contributed by atoms with Gasteiger partial charge in [0, 0.05) is 50.1 Å². The molecule has 1 atom stereocenters. The minimum Gasteiger partial charge on any atom is -0.382 e. The van der Waals surface area contributed by atoms with E-state index in [1.54, 1.807) is 12.3 Å². The molecule has 3 heterocycles. The van der Waals surface area contributed by atoms with Gasteiger partial charge >= 0.3 is 6.18 Å². The monoisotopic (exact) mass is 561 g/mol. The minimum atomic E-state index is -4.61. The van der Waals surface area contributed by atoms with Crippen LogP contribution in [0.15, 0.2) is 24.4 Å². The summed E-state index contributed by atoms with van der Waals surface area (Å²) in [6, 6.07) is 5.51. The van der Waals surface area contributed by atoms with Gasteiger partial charge < -0.3 is 25.8 Å². The van der Waals surface area contributed by atoms with Crippen LogP contribution >= 0.6 is 23.2 Å². The molecule has 2 aromatic rings. The molecule has 204 valence electrons. The smallest absolute Gasteiger partial charge is 0.382 e. The van der Waals surface area contributed by atoms with Gasteiger partial charge in [0.25, 0.3) is 0 Å². The van der Waals surface area contributed by atoms with E-state index in [0.29, 0.717) is 45.9 Å². The average molecular weight is 562 g/mol. The van der Waals surface area contributed by atoms with E-state index in [9.17, 15) is 18.3 Å². The molecular weight excluding hydrogens is 530 g/mol. The molecule has 2 fully saturated rings. The molecule has 1 aliphatic heterocycles. The van der Waals surface area contributed by atoms with E-state index in [1.807, 2.05) is 12.1 Å². The summed E-state index contributed by atoms with van der Waals surface area (Å²) in [6.45, 7) is 1.88. The zero-order chi connectivity index (χ0) is 26.4. The van der Waals surface area contributed by atoms with Gasteiger partial charge in [0.05, 0.1) is 15.7 Å². The fraction of sp³-hybridized carbons (Fsp3) is 0.600. The van der Waals surface area contributed by atoms with E-state index in [1.165, 1.54) is 0 Å². The summed E-state index contributed by atoms with van der Waals surface area (Å²) in [4.78, 5) is 9.11. The van der Waals surface area contributed by atoms with Gasteiger partial charge in [-0.2, -0.15) is 13.2 Å². The largest absolute Gasteiger partial charge is 0.415 e. The fourth-order valence-corrected chi connectivity index (χ4v) is 5.07. The van der Waals surface area contributed by atoms with Crippen LogP contribution < -0.4 is 16.0 Å². The highest BCUT2D eigenvalue weighted by molar-refractivity contribution is 6.36. The topological polar surface area (TPSA) is 91.3 Å². The summed E-state index contributed by atoms with van der Waals surface area (Å²) in [7, 11) is 0. The number of aliphatic hydroxyl groups is 1. The Balaban J connectivity index is 1.35. The van der Waals surface area contributed by atoms with Crippen LogP contribution in [0.3, 0.4) is 0 Å². The number of alkyl halides is 3. The van der Waals surface area contributed by atoms with Gasteiger partial charge in [0.1, 0.15) is 11.6 Å². The van der Waals surface area contributed by atoms with Crippen molar-refractivity contribution in [3.05, 3.63) is 34.4 Å². The second-order valence-corrected chi connectivity index (χ2v) is 10.5. The van der Waals surface area contributed by atoms with Crippen molar-refractivity contribution in [2.24, 2.45) is 5.92 Å². The number of nitrogens with one attached hydrogen (secondary N) is 3. The number of halogens is 5. The zero-order valence-electron chi connectivity index (χ0n) is 20.3. The van der Waals surface area contributed by atoms with Crippen molar-refractivity contribution in [3.8, 4) is 11.3 Å². The Morgan fingerprint density at radius 3 is 2.41 bits per heavy atom. The Labute approximate surface area is 224 Å². The van der Waals surface area contributed by atoms with Crippen molar-refractivity contribution in [1.82, 2.24) is 15.3 Å². The Morgan fingerprint density at radius 2 is 1.70 bits per heavy atom. The second kappa shape index (κ2) is 12.8. The van der Waals surface area contributed by atoms with Crippen LogP contribution in [0.5, 0.6) is 0 Å². The molecule has 0 bridgehead atoms. The molecule has 4 rings (SSSR count). The van der Waals surface area contributed by atoms with Crippen LogP contribution in [0.4, 0.5) is 24.8 Å². The Morgan fingerprint density at radius 1 is 1.00 bits per heavy atom. The summed E-state index contributed by atoms with van der Waals surface area (Å²) in [6.07, 6.45) is -0.469. The number of aliphatic hydroxyl groups excluding tert-OH is 1. The van der Waals surface area contributed by atoms with E-state index in [-0.39, 0.29) is 12.1 Å². The number of rotatable bonds is 9. The zero-order valence-corrected chi connectivity index (χ0v) is 21.8. The van der Waals surface area contributed by atoms with Crippen molar-refractivity contribution in [2.75, 3.05) is 36.9 Å². The van der Waals surface area contributed by atoms with Crippen LogP contribution in [-0.2, 0) is 4.74 Å². The summed E-state index contributed by atoms with van der Waals surface area (Å²) in [5.74, 6) is 1.88. The van der Waals surface area contributed by atoms with Gasteiger partial charge in [-0.05, 0) is 62.6 Å². The summed E-state index contributed by atoms with van der Waals surface area (Å²) in [5.41, 5.74) is 1.22. The van der Waals surface area contributed by atoms with Crippen molar-refractivity contribution in [3.63, 3.8) is 0 Å². The lowest BCUT2D eigenvalue weighted by Crippen LogP contribution is -2.44. The van der Waals surface area contributed by atoms with Crippen molar-refractivity contribution >= 4 is 34.8 Å². The Bertz CT molecular complexity index is 1030. The van der Waals surface area contributed by atoms with Crippen LogP contribution in [0.25, 0.3) is 11.3 Å². The standard InChI is InChI=1S/C25H32Cl2F3N5O2/c26-19-5-6-22(32-12-15-7-9-37-10-8-15)35-24(19)18-11-23(33-13-20(18)27)34-17-3-1-16(2-4-17)31-14-21(36)25(28,29)30/h5-6,11,13,15-17,21,31,36H,1-4,7-10,12,14H2,(H,32,35)(H,33,34)/t16?,17?,21-/m0/s1. The third kappa shape index (κ3) is 8.07. The van der Waals surface area contributed by atoms with E-state index < -0.39 is 18.8 Å². The van der Waals surface area contributed by atoms with Crippen LogP contribution in [0.1, 0.15) is 38.5 Å². The molecular formula is C25H32Cl2F3N5O2. The normalized spacial score (nSPS) is 22.0. The van der Waals surface area contributed by atoms with Crippen LogP contribution in [0, 0.1) is 5.92 Å². The van der Waals surface area contributed by atoms with E-state index in [0.717, 1.165) is 51.3 Å². The minimum absolute atomic E-state index is 0.0665. The third-order valence-corrected chi connectivity index (χ3v) is 7.53. The molecule has 12 heteroatoms. The van der Waals surface area contributed by atoms with Crippen molar-refractivity contribution in [1.29, 1.82) is 0 Å². The summed E-state index contributed by atoms with van der Waals surface area (Å²) >= 11 is 13.0. The summed E-state index contributed by atoms with van der Waals surface area (Å²) < 4.78 is 43.0. The highest BCUT2D eigenvalue weighted by Gasteiger charge is 2.38. The molecule has 37 heavy (non-hydrogen) atoms. The maximum absolute atomic E-state index is 12.5. The Kier molecular flexibility index (Phi) is 9.74. The molecule has 0 radical (unpaired) electrons. The molecule has 1 saturated heterocycles. The molecule has 0 spiro atoms. The SMILES string of the molecule is O[C@@H](CNC1CCC(Nc2cc(-c3nc(NCC4CCOCC4)ccc3Cl)c(Cl)cn2)CC1)C(F)(F)F. The van der Waals surface area contributed by atoms with E-state index >= 15 is 0 Å². The molecule has 4 N–H and O–H groups in total. The molecule has 2 aliphatic rings. The predicted octanol–water partition coefficient (Wildman–Crippen LogP) is 5.52. The molecule has 0 unspecified atom stereocenters. The van der Waals surface area contributed by atoms with Gasteiger partial charge in [0.15, 0.2) is 6.10 Å². The lowest BCUT2D eigenvalue weighted by molar-refractivity contribution is -0.202. The number of ether oxygens (including phenoxy) is 1. The highest BCUT2D eigenvalue weighted by atomic mass is 35.5. The van der Waals surface area contributed by atoms with Gasteiger partial charge in [-0.15, -0.1) is 0 Å². The predicted molar refractivity (Wildman–Crippen MR) is 139 cm³/mol. The van der Waals surface area contributed by atoms with Crippen LogP contribution in [0.2, 0.25) is 10.0 Å². The maximum atomic E-state index is 12.5. The first-order chi connectivity index (χ1) is 17.7. The first kappa shape index (κ1) is 28.2. The number of hydrogen-bond acceptors (Lipinski definition) is 7. The molecule has 0 aromatic carbocycles. The maximum Gasteiger partial charge on any atom is 0.415 e. The van der Waals surface area contributed by atoms with Gasteiger partial charge in [-0.1, -0.05) is 23.2 Å².